The van der Waals surface area contributed by atoms with Crippen molar-refractivity contribution in [1.29, 1.82) is 0 Å². The molecule has 0 bridgehead atoms. The number of nitrogens with zero attached hydrogens (tertiary/aromatic N) is 3. The number of benzene rings is 1. The molecule has 1 aliphatic rings. The van der Waals surface area contributed by atoms with Crippen LogP contribution in [0.25, 0.3) is 0 Å². The Morgan fingerprint density at radius 2 is 2.05 bits per heavy atom. The van der Waals surface area contributed by atoms with Gasteiger partial charge in [0, 0.05) is 45.0 Å². The molecule has 4 nitrogen and oxygen atoms in total. The first-order valence-electron chi connectivity index (χ1n) is 7.77. The highest BCUT2D eigenvalue weighted by molar-refractivity contribution is 5.20. The third-order valence-electron chi connectivity index (χ3n) is 4.34. The lowest BCUT2D eigenvalue weighted by Crippen LogP contribution is -2.52. The van der Waals surface area contributed by atoms with E-state index in [0.29, 0.717) is 12.1 Å². The molecule has 2 unspecified atom stereocenters. The minimum Gasteiger partial charge on any atom is -0.307 e. The van der Waals surface area contributed by atoms with Gasteiger partial charge in [0.2, 0.25) is 0 Å². The summed E-state index contributed by atoms with van der Waals surface area (Å²) in [6, 6.07) is 13.9. The van der Waals surface area contributed by atoms with Crippen molar-refractivity contribution < 1.29 is 0 Å². The summed E-state index contributed by atoms with van der Waals surface area (Å²) in [7, 11) is 1.98. The van der Waals surface area contributed by atoms with E-state index in [1.165, 1.54) is 12.0 Å². The number of rotatable bonds is 4. The van der Waals surface area contributed by atoms with Crippen LogP contribution < -0.4 is 5.32 Å². The monoisotopic (exact) mass is 284 g/mol. The Morgan fingerprint density at radius 1 is 1.24 bits per heavy atom. The highest BCUT2D eigenvalue weighted by Gasteiger charge is 2.27. The van der Waals surface area contributed by atoms with E-state index in [1.54, 1.807) is 0 Å². The zero-order chi connectivity index (χ0) is 14.7. The molecule has 1 aliphatic heterocycles. The minimum atomic E-state index is 0.415. The lowest BCUT2D eigenvalue weighted by Gasteiger charge is -2.40. The Kier molecular flexibility index (Phi) is 4.36. The SMILES string of the molecule is CCC1CNC(c2ccccc2)CN1Cc1ccn(C)n1. The molecular weight excluding hydrogens is 260 g/mol. The van der Waals surface area contributed by atoms with Gasteiger partial charge in [0.25, 0.3) is 0 Å². The molecule has 2 heterocycles. The predicted octanol–water partition coefficient (Wildman–Crippen LogP) is 2.35. The second kappa shape index (κ2) is 6.41. The van der Waals surface area contributed by atoms with Crippen molar-refractivity contribution in [2.45, 2.75) is 32.0 Å². The van der Waals surface area contributed by atoms with Crippen molar-refractivity contribution in [3.05, 3.63) is 53.9 Å². The van der Waals surface area contributed by atoms with E-state index >= 15 is 0 Å². The van der Waals surface area contributed by atoms with E-state index in [4.69, 9.17) is 0 Å². The van der Waals surface area contributed by atoms with Crippen LogP contribution in [-0.4, -0.2) is 33.8 Å². The van der Waals surface area contributed by atoms with Crippen LogP contribution in [0.2, 0.25) is 0 Å². The molecule has 112 valence electrons. The topological polar surface area (TPSA) is 33.1 Å². The molecular formula is C17H24N4. The third kappa shape index (κ3) is 3.34. The quantitative estimate of drug-likeness (QED) is 0.935. The zero-order valence-corrected chi connectivity index (χ0v) is 12.9. The lowest BCUT2D eigenvalue weighted by molar-refractivity contribution is 0.117. The number of aromatic nitrogens is 2. The third-order valence-corrected chi connectivity index (χ3v) is 4.34. The fraction of sp³-hybridized carbons (Fsp3) is 0.471. The number of hydrogen-bond acceptors (Lipinski definition) is 3. The van der Waals surface area contributed by atoms with E-state index < -0.39 is 0 Å². The standard InChI is InChI=1S/C17H24N4/c1-3-16-11-18-17(14-7-5-4-6-8-14)13-21(16)12-15-9-10-20(2)19-15/h4-10,16-18H,3,11-13H2,1-2H3. The maximum Gasteiger partial charge on any atom is 0.0764 e. The van der Waals surface area contributed by atoms with Crippen molar-refractivity contribution in [3.63, 3.8) is 0 Å². The molecule has 1 aromatic carbocycles. The van der Waals surface area contributed by atoms with Gasteiger partial charge in [-0.15, -0.1) is 0 Å². The van der Waals surface area contributed by atoms with Crippen LogP contribution >= 0.6 is 0 Å². The molecule has 0 spiro atoms. The van der Waals surface area contributed by atoms with Gasteiger partial charge in [0.1, 0.15) is 0 Å². The van der Waals surface area contributed by atoms with Crippen LogP contribution in [-0.2, 0) is 13.6 Å². The van der Waals surface area contributed by atoms with Crippen LogP contribution in [0.5, 0.6) is 0 Å². The Balaban J connectivity index is 1.72. The number of aryl methyl sites for hydroxylation is 1. The maximum absolute atomic E-state index is 4.53. The Hall–Kier alpha value is -1.65. The molecule has 1 N–H and O–H groups in total. The number of nitrogens with one attached hydrogen (secondary N) is 1. The van der Waals surface area contributed by atoms with Crippen molar-refractivity contribution in [1.82, 2.24) is 20.0 Å². The average molecular weight is 284 g/mol. The Labute approximate surface area is 126 Å². The van der Waals surface area contributed by atoms with Gasteiger partial charge >= 0.3 is 0 Å². The summed E-state index contributed by atoms with van der Waals surface area (Å²) < 4.78 is 1.88. The van der Waals surface area contributed by atoms with Crippen LogP contribution in [0.1, 0.15) is 30.6 Å². The Morgan fingerprint density at radius 3 is 2.71 bits per heavy atom. The fourth-order valence-corrected chi connectivity index (χ4v) is 3.12. The van der Waals surface area contributed by atoms with Gasteiger partial charge < -0.3 is 5.32 Å². The van der Waals surface area contributed by atoms with Crippen molar-refractivity contribution in [2.24, 2.45) is 7.05 Å². The normalized spacial score (nSPS) is 23.3. The van der Waals surface area contributed by atoms with E-state index in [1.807, 2.05) is 17.9 Å². The van der Waals surface area contributed by atoms with Gasteiger partial charge in [-0.3, -0.25) is 9.58 Å². The average Bonchev–Trinajstić information content (AvgIpc) is 2.93. The van der Waals surface area contributed by atoms with Gasteiger partial charge in [-0.25, -0.2) is 0 Å². The van der Waals surface area contributed by atoms with Gasteiger partial charge in [0.05, 0.1) is 5.69 Å². The van der Waals surface area contributed by atoms with Crippen molar-refractivity contribution in [3.8, 4) is 0 Å². The molecule has 0 radical (unpaired) electrons. The smallest absolute Gasteiger partial charge is 0.0764 e. The van der Waals surface area contributed by atoms with Crippen LogP contribution in [0.15, 0.2) is 42.6 Å². The van der Waals surface area contributed by atoms with Gasteiger partial charge in [-0.2, -0.15) is 5.10 Å². The molecule has 2 aromatic rings. The zero-order valence-electron chi connectivity index (χ0n) is 12.9. The molecule has 0 amide bonds. The fourth-order valence-electron chi connectivity index (χ4n) is 3.12. The van der Waals surface area contributed by atoms with E-state index in [0.717, 1.165) is 25.3 Å². The van der Waals surface area contributed by atoms with E-state index in [-0.39, 0.29) is 0 Å². The molecule has 0 aliphatic carbocycles. The summed E-state index contributed by atoms with van der Waals surface area (Å²) >= 11 is 0. The molecule has 1 fully saturated rings. The van der Waals surface area contributed by atoms with Gasteiger partial charge in [-0.1, -0.05) is 37.3 Å². The molecule has 1 aromatic heterocycles. The first-order valence-corrected chi connectivity index (χ1v) is 7.77. The predicted molar refractivity (Wildman–Crippen MR) is 84.9 cm³/mol. The highest BCUT2D eigenvalue weighted by Crippen LogP contribution is 2.22. The molecule has 2 atom stereocenters. The summed E-state index contributed by atoms with van der Waals surface area (Å²) in [6.07, 6.45) is 3.19. The summed E-state index contributed by atoms with van der Waals surface area (Å²) in [5, 5.41) is 8.22. The Bertz CT molecular complexity index is 563. The second-order valence-corrected chi connectivity index (χ2v) is 5.84. The molecule has 4 heteroatoms. The molecule has 1 saturated heterocycles. The van der Waals surface area contributed by atoms with Gasteiger partial charge in [0.15, 0.2) is 0 Å². The van der Waals surface area contributed by atoms with Crippen molar-refractivity contribution >= 4 is 0 Å². The number of hydrogen-bond donors (Lipinski definition) is 1. The summed E-state index contributed by atoms with van der Waals surface area (Å²) in [4.78, 5) is 2.57. The number of piperazine rings is 1. The lowest BCUT2D eigenvalue weighted by atomic mass is 10.0. The minimum absolute atomic E-state index is 0.415. The second-order valence-electron chi connectivity index (χ2n) is 5.84. The van der Waals surface area contributed by atoms with Gasteiger partial charge in [-0.05, 0) is 18.1 Å². The first-order chi connectivity index (χ1) is 10.3. The maximum atomic E-state index is 4.53. The first kappa shape index (κ1) is 14.3. The largest absolute Gasteiger partial charge is 0.307 e. The van der Waals surface area contributed by atoms with Crippen LogP contribution in [0.3, 0.4) is 0 Å². The van der Waals surface area contributed by atoms with Crippen molar-refractivity contribution in [2.75, 3.05) is 13.1 Å². The molecule has 21 heavy (non-hydrogen) atoms. The molecule has 3 rings (SSSR count). The van der Waals surface area contributed by atoms with Crippen LogP contribution in [0.4, 0.5) is 0 Å². The molecule has 0 saturated carbocycles. The van der Waals surface area contributed by atoms with E-state index in [2.05, 4.69) is 58.6 Å². The van der Waals surface area contributed by atoms with E-state index in [9.17, 15) is 0 Å². The summed E-state index contributed by atoms with van der Waals surface area (Å²) in [5.74, 6) is 0. The summed E-state index contributed by atoms with van der Waals surface area (Å²) in [6.45, 7) is 5.28. The highest BCUT2D eigenvalue weighted by atomic mass is 15.3. The van der Waals surface area contributed by atoms with Crippen LogP contribution in [0, 0.1) is 0 Å². The summed E-state index contributed by atoms with van der Waals surface area (Å²) in [5.41, 5.74) is 2.53.